The van der Waals surface area contributed by atoms with Crippen LogP contribution in [0.5, 0.6) is 5.75 Å². The topological polar surface area (TPSA) is 101 Å². The van der Waals surface area contributed by atoms with E-state index in [2.05, 4.69) is 15.3 Å². The Morgan fingerprint density at radius 3 is 2.44 bits per heavy atom. The largest absolute Gasteiger partial charge is 0.497 e. The molecule has 2 heterocycles. The van der Waals surface area contributed by atoms with E-state index in [1.807, 2.05) is 12.1 Å². The highest BCUT2D eigenvalue weighted by Crippen LogP contribution is 2.34. The van der Waals surface area contributed by atoms with Gasteiger partial charge in [-0.1, -0.05) is 0 Å². The van der Waals surface area contributed by atoms with E-state index < -0.39 is 15.8 Å². The van der Waals surface area contributed by atoms with Crippen LogP contribution in [0.2, 0.25) is 0 Å². The van der Waals surface area contributed by atoms with Gasteiger partial charge in [0.05, 0.1) is 35.4 Å². The van der Waals surface area contributed by atoms with Crippen LogP contribution in [0.1, 0.15) is 17.3 Å². The van der Waals surface area contributed by atoms with Gasteiger partial charge in [-0.3, -0.25) is 4.98 Å². The van der Waals surface area contributed by atoms with Crippen LogP contribution in [0, 0.1) is 0 Å². The molecule has 1 aliphatic heterocycles. The lowest BCUT2D eigenvalue weighted by molar-refractivity contribution is 0.0526. The number of rotatable bonds is 7. The standard InChI is InChI=1S/C24H28N4O5S/c1-4-33-24(29)17-5-10-21-20(15-17)23(26-28-13-11-27(2)12-14-28)22(16-25-21)34(30,31)19-8-6-18(32-3)7-9-19/h5-10,15-16H,4,11-14H2,1-3H3,(H,25,26). The molecule has 0 spiro atoms. The third-order valence-corrected chi connectivity index (χ3v) is 7.56. The van der Waals surface area contributed by atoms with Crippen molar-refractivity contribution in [2.75, 3.05) is 52.4 Å². The third-order valence-electron chi connectivity index (χ3n) is 5.78. The molecule has 0 amide bonds. The van der Waals surface area contributed by atoms with Gasteiger partial charge in [0.2, 0.25) is 9.84 Å². The van der Waals surface area contributed by atoms with Gasteiger partial charge in [-0.25, -0.2) is 18.2 Å². The smallest absolute Gasteiger partial charge is 0.338 e. The molecule has 9 nitrogen and oxygen atoms in total. The van der Waals surface area contributed by atoms with Crippen LogP contribution in [0.3, 0.4) is 0 Å². The van der Waals surface area contributed by atoms with Gasteiger partial charge in [-0.15, -0.1) is 0 Å². The lowest BCUT2D eigenvalue weighted by Crippen LogP contribution is -2.47. The maximum absolute atomic E-state index is 13.7. The summed E-state index contributed by atoms with van der Waals surface area (Å²) in [5.74, 6) is 0.0869. The van der Waals surface area contributed by atoms with Gasteiger partial charge in [0.1, 0.15) is 10.6 Å². The maximum atomic E-state index is 13.7. The fraction of sp³-hybridized carbons (Fsp3) is 0.333. The normalized spacial score (nSPS) is 15.3. The number of likely N-dealkylation sites (N-methyl/N-ethyl adjacent to an activating group) is 1. The summed E-state index contributed by atoms with van der Waals surface area (Å²) in [4.78, 5) is 19.1. The van der Waals surface area contributed by atoms with Gasteiger partial charge in [0.25, 0.3) is 0 Å². The number of nitrogens with zero attached hydrogens (tertiary/aromatic N) is 3. The number of sulfone groups is 1. The third kappa shape index (κ3) is 4.84. The maximum Gasteiger partial charge on any atom is 0.338 e. The lowest BCUT2D eigenvalue weighted by atomic mass is 10.1. The Bertz CT molecular complexity index is 1290. The zero-order chi connectivity index (χ0) is 24.3. The molecule has 34 heavy (non-hydrogen) atoms. The van der Waals surface area contributed by atoms with Crippen molar-refractivity contribution >= 4 is 32.4 Å². The zero-order valence-electron chi connectivity index (χ0n) is 19.4. The fourth-order valence-corrected chi connectivity index (χ4v) is 5.16. The highest BCUT2D eigenvalue weighted by molar-refractivity contribution is 7.91. The lowest BCUT2D eigenvalue weighted by Gasteiger charge is -2.33. The van der Waals surface area contributed by atoms with Crippen LogP contribution in [-0.2, 0) is 14.6 Å². The number of hydrogen-bond donors (Lipinski definition) is 1. The molecule has 0 atom stereocenters. The van der Waals surface area contributed by atoms with Gasteiger partial charge in [-0.05, 0) is 56.4 Å². The number of piperazine rings is 1. The molecule has 10 heteroatoms. The minimum atomic E-state index is -3.92. The molecule has 1 aliphatic rings. The Morgan fingerprint density at radius 2 is 1.79 bits per heavy atom. The summed E-state index contributed by atoms with van der Waals surface area (Å²) in [5.41, 5.74) is 4.60. The molecular formula is C24H28N4O5S. The Hall–Kier alpha value is -3.21. The molecule has 0 radical (unpaired) electrons. The first kappa shape index (κ1) is 23.9. The van der Waals surface area contributed by atoms with Crippen molar-refractivity contribution in [1.82, 2.24) is 14.9 Å². The molecular weight excluding hydrogens is 456 g/mol. The van der Waals surface area contributed by atoms with Crippen molar-refractivity contribution in [3.63, 3.8) is 0 Å². The number of pyridine rings is 1. The molecule has 4 rings (SSSR count). The van der Waals surface area contributed by atoms with Crippen LogP contribution in [0.4, 0.5) is 5.69 Å². The van der Waals surface area contributed by atoms with E-state index in [0.717, 1.165) is 13.1 Å². The summed E-state index contributed by atoms with van der Waals surface area (Å²) >= 11 is 0. The number of hydrazine groups is 1. The number of anilines is 1. The van der Waals surface area contributed by atoms with Gasteiger partial charge >= 0.3 is 5.97 Å². The van der Waals surface area contributed by atoms with Gasteiger partial charge in [-0.2, -0.15) is 0 Å². The van der Waals surface area contributed by atoms with Crippen LogP contribution in [-0.4, -0.2) is 76.2 Å². The van der Waals surface area contributed by atoms with Crippen molar-refractivity contribution in [2.24, 2.45) is 0 Å². The van der Waals surface area contributed by atoms with Crippen molar-refractivity contribution in [3.05, 3.63) is 54.2 Å². The molecule has 0 aliphatic carbocycles. The molecule has 0 unspecified atom stereocenters. The number of ether oxygens (including phenoxy) is 2. The van der Waals surface area contributed by atoms with Crippen molar-refractivity contribution in [3.8, 4) is 5.75 Å². The number of esters is 1. The summed E-state index contributed by atoms with van der Waals surface area (Å²) < 4.78 is 37.6. The first-order valence-corrected chi connectivity index (χ1v) is 12.5. The average molecular weight is 485 g/mol. The molecule has 1 aromatic heterocycles. The summed E-state index contributed by atoms with van der Waals surface area (Å²) in [6.07, 6.45) is 1.37. The van der Waals surface area contributed by atoms with Gasteiger partial charge in [0.15, 0.2) is 0 Å². The number of carbonyl (C=O) groups excluding carboxylic acids is 1. The summed E-state index contributed by atoms with van der Waals surface area (Å²) in [7, 11) is -0.355. The van der Waals surface area contributed by atoms with Crippen LogP contribution in [0.15, 0.2) is 58.5 Å². The Labute approximate surface area is 199 Å². The van der Waals surface area contributed by atoms with Crippen LogP contribution >= 0.6 is 0 Å². The SMILES string of the molecule is CCOC(=O)c1ccc2ncc(S(=O)(=O)c3ccc(OC)cc3)c(NN3CCN(C)CC3)c2c1. The number of methoxy groups -OCH3 is 1. The van der Waals surface area contributed by atoms with Crippen molar-refractivity contribution in [2.45, 2.75) is 16.7 Å². The highest BCUT2D eigenvalue weighted by atomic mass is 32.2. The quantitative estimate of drug-likeness (QED) is 0.507. The van der Waals surface area contributed by atoms with Gasteiger partial charge < -0.3 is 19.8 Å². The molecule has 1 N–H and O–H groups in total. The van der Waals surface area contributed by atoms with E-state index in [1.165, 1.54) is 25.4 Å². The highest BCUT2D eigenvalue weighted by Gasteiger charge is 2.26. The summed E-state index contributed by atoms with van der Waals surface area (Å²) in [6, 6.07) is 11.2. The average Bonchev–Trinajstić information content (AvgIpc) is 2.85. The minimum absolute atomic E-state index is 0.0325. The molecule has 0 bridgehead atoms. The van der Waals surface area contributed by atoms with Crippen molar-refractivity contribution < 1.29 is 22.7 Å². The van der Waals surface area contributed by atoms with E-state index in [9.17, 15) is 13.2 Å². The van der Waals surface area contributed by atoms with Crippen LogP contribution in [0.25, 0.3) is 10.9 Å². The number of benzene rings is 2. The van der Waals surface area contributed by atoms with E-state index in [4.69, 9.17) is 9.47 Å². The number of hydrogen-bond acceptors (Lipinski definition) is 9. The number of carbonyl (C=O) groups is 1. The molecule has 180 valence electrons. The Morgan fingerprint density at radius 1 is 1.09 bits per heavy atom. The predicted molar refractivity (Wildman–Crippen MR) is 129 cm³/mol. The molecule has 2 aromatic carbocycles. The summed E-state index contributed by atoms with van der Waals surface area (Å²) in [5, 5.41) is 2.51. The van der Waals surface area contributed by atoms with E-state index in [1.54, 1.807) is 37.3 Å². The predicted octanol–water partition coefficient (Wildman–Crippen LogP) is 2.83. The number of nitrogens with one attached hydrogen (secondary N) is 1. The first-order chi connectivity index (χ1) is 16.3. The number of aromatic nitrogens is 1. The molecule has 1 fully saturated rings. The van der Waals surface area contributed by atoms with Crippen LogP contribution < -0.4 is 10.2 Å². The molecule has 0 saturated carbocycles. The zero-order valence-corrected chi connectivity index (χ0v) is 20.3. The monoisotopic (exact) mass is 484 g/mol. The summed E-state index contributed by atoms with van der Waals surface area (Å²) in [6.45, 7) is 5.07. The van der Waals surface area contributed by atoms with E-state index in [-0.39, 0.29) is 16.4 Å². The van der Waals surface area contributed by atoms with E-state index in [0.29, 0.717) is 41.0 Å². The second kappa shape index (κ2) is 9.96. The fourth-order valence-electron chi connectivity index (χ4n) is 3.79. The van der Waals surface area contributed by atoms with Crippen molar-refractivity contribution in [1.29, 1.82) is 0 Å². The Kier molecular flexibility index (Phi) is 7.01. The molecule has 1 saturated heterocycles. The Balaban J connectivity index is 1.86. The second-order valence-corrected chi connectivity index (χ2v) is 9.95. The molecule has 3 aromatic rings. The second-order valence-electron chi connectivity index (χ2n) is 8.03. The van der Waals surface area contributed by atoms with E-state index >= 15 is 0 Å². The first-order valence-electron chi connectivity index (χ1n) is 11.0. The minimum Gasteiger partial charge on any atom is -0.497 e. The van der Waals surface area contributed by atoms with Gasteiger partial charge in [0, 0.05) is 37.8 Å². The number of fused-ring (bicyclic) bond motifs is 1.